The lowest BCUT2D eigenvalue weighted by atomic mass is 10.2. The first-order valence-electron chi connectivity index (χ1n) is 6.40. The predicted octanol–water partition coefficient (Wildman–Crippen LogP) is 2.73. The van der Waals surface area contributed by atoms with E-state index < -0.39 is 0 Å². The largest absolute Gasteiger partial charge is 0.465 e. The summed E-state index contributed by atoms with van der Waals surface area (Å²) in [5, 5.41) is 3.53. The fourth-order valence-corrected chi connectivity index (χ4v) is 3.07. The van der Waals surface area contributed by atoms with Gasteiger partial charge in [0.25, 0.3) is 0 Å². The molecule has 0 amide bonds. The predicted molar refractivity (Wildman–Crippen MR) is 74.4 cm³/mol. The van der Waals surface area contributed by atoms with Crippen LogP contribution in [0.1, 0.15) is 30.7 Å². The van der Waals surface area contributed by atoms with Gasteiger partial charge in [0.05, 0.1) is 12.0 Å². The Hall–Kier alpha value is -1.00. The third kappa shape index (κ3) is 3.50. The number of esters is 1. The summed E-state index contributed by atoms with van der Waals surface area (Å²) in [4.78, 5) is 11.8. The molecule has 1 N–H and O–H groups in total. The third-order valence-corrected chi connectivity index (χ3v) is 4.18. The minimum Gasteiger partial charge on any atom is -0.465 e. The van der Waals surface area contributed by atoms with Crippen LogP contribution in [0.2, 0.25) is 0 Å². The van der Waals surface area contributed by atoms with Crippen molar-refractivity contribution in [1.82, 2.24) is 5.32 Å². The van der Waals surface area contributed by atoms with Gasteiger partial charge in [0.2, 0.25) is 0 Å². The number of ether oxygens (including phenoxy) is 1. The molecule has 1 aromatic carbocycles. The number of nitrogens with one attached hydrogen (secondary N) is 1. The van der Waals surface area contributed by atoms with E-state index >= 15 is 0 Å². The van der Waals surface area contributed by atoms with Gasteiger partial charge in [-0.2, -0.15) is 0 Å². The maximum absolute atomic E-state index is 11.8. The average molecular weight is 265 g/mol. The van der Waals surface area contributed by atoms with Crippen LogP contribution in [0, 0.1) is 0 Å². The van der Waals surface area contributed by atoms with E-state index in [1.165, 1.54) is 5.56 Å². The molecule has 0 saturated carbocycles. The monoisotopic (exact) mass is 265 g/mol. The minimum absolute atomic E-state index is 0.116. The first-order valence-corrected chi connectivity index (χ1v) is 7.45. The third-order valence-electron chi connectivity index (χ3n) is 2.91. The van der Waals surface area contributed by atoms with Crippen LogP contribution in [0.15, 0.2) is 30.3 Å². The number of benzene rings is 1. The molecular formula is C14H19NO2S. The van der Waals surface area contributed by atoms with Crippen LogP contribution >= 0.6 is 11.8 Å². The zero-order valence-electron chi connectivity index (χ0n) is 10.6. The van der Waals surface area contributed by atoms with Crippen LogP contribution in [0.3, 0.4) is 0 Å². The highest BCUT2D eigenvalue weighted by Crippen LogP contribution is 2.32. The molecular weight excluding hydrogens is 246 g/mol. The van der Waals surface area contributed by atoms with E-state index in [0.29, 0.717) is 6.61 Å². The molecule has 2 atom stereocenters. The molecule has 18 heavy (non-hydrogen) atoms. The van der Waals surface area contributed by atoms with E-state index in [1.807, 2.05) is 18.2 Å². The van der Waals surface area contributed by atoms with Crippen LogP contribution in [0.5, 0.6) is 0 Å². The highest BCUT2D eigenvalue weighted by molar-refractivity contribution is 7.99. The molecule has 1 aliphatic rings. The van der Waals surface area contributed by atoms with Crippen LogP contribution < -0.4 is 5.32 Å². The Kier molecular flexibility index (Phi) is 5.08. The molecule has 3 nitrogen and oxygen atoms in total. The summed E-state index contributed by atoms with van der Waals surface area (Å²) in [6, 6.07) is 10.0. The molecule has 0 aromatic heterocycles. The molecule has 2 unspecified atom stereocenters. The summed E-state index contributed by atoms with van der Waals surface area (Å²) in [7, 11) is 0. The van der Waals surface area contributed by atoms with Gasteiger partial charge in [-0.15, -0.1) is 11.8 Å². The standard InChI is InChI=1S/C14H19NO2S/c1-2-3-9-17-14(16)12-10-18-13(15-12)11-7-5-4-6-8-11/h4-8,12-13,15H,2-3,9-10H2,1H3. The van der Waals surface area contributed by atoms with Crippen molar-refractivity contribution in [2.24, 2.45) is 0 Å². The topological polar surface area (TPSA) is 38.3 Å². The van der Waals surface area contributed by atoms with Crippen molar-refractivity contribution < 1.29 is 9.53 Å². The highest BCUT2D eigenvalue weighted by Gasteiger charge is 2.31. The molecule has 1 aliphatic heterocycles. The van der Waals surface area contributed by atoms with Crippen molar-refractivity contribution in [3.05, 3.63) is 35.9 Å². The van der Waals surface area contributed by atoms with Crippen molar-refractivity contribution in [3.63, 3.8) is 0 Å². The van der Waals surface area contributed by atoms with Crippen molar-refractivity contribution in [3.8, 4) is 0 Å². The van der Waals surface area contributed by atoms with Crippen molar-refractivity contribution >= 4 is 17.7 Å². The van der Waals surface area contributed by atoms with Crippen LogP contribution in [-0.2, 0) is 9.53 Å². The molecule has 0 radical (unpaired) electrons. The number of rotatable bonds is 5. The quantitative estimate of drug-likeness (QED) is 0.656. The second-order valence-corrected chi connectivity index (χ2v) is 5.50. The Morgan fingerprint density at radius 3 is 2.94 bits per heavy atom. The fourth-order valence-electron chi connectivity index (χ4n) is 1.85. The lowest BCUT2D eigenvalue weighted by Crippen LogP contribution is -2.35. The van der Waals surface area contributed by atoms with Gasteiger partial charge in [-0.1, -0.05) is 43.7 Å². The van der Waals surface area contributed by atoms with E-state index in [-0.39, 0.29) is 17.4 Å². The molecule has 1 heterocycles. The Balaban J connectivity index is 1.83. The maximum Gasteiger partial charge on any atom is 0.324 e. The highest BCUT2D eigenvalue weighted by atomic mass is 32.2. The molecule has 1 saturated heterocycles. The molecule has 0 spiro atoms. The van der Waals surface area contributed by atoms with Gasteiger partial charge < -0.3 is 4.74 Å². The molecule has 0 bridgehead atoms. The van der Waals surface area contributed by atoms with Gasteiger partial charge in [-0.3, -0.25) is 10.1 Å². The number of hydrogen-bond acceptors (Lipinski definition) is 4. The second kappa shape index (κ2) is 6.81. The Labute approximate surface area is 112 Å². The molecule has 98 valence electrons. The van der Waals surface area contributed by atoms with Gasteiger partial charge in [0.15, 0.2) is 0 Å². The zero-order valence-corrected chi connectivity index (χ0v) is 11.4. The molecule has 0 aliphatic carbocycles. The average Bonchev–Trinajstić information content (AvgIpc) is 2.89. The van der Waals surface area contributed by atoms with E-state index in [9.17, 15) is 4.79 Å². The number of thioether (sulfide) groups is 1. The number of unbranched alkanes of at least 4 members (excludes halogenated alkanes) is 1. The SMILES string of the molecule is CCCCOC(=O)C1CSC(c2ccccc2)N1. The zero-order chi connectivity index (χ0) is 12.8. The van der Waals surface area contributed by atoms with Gasteiger partial charge in [0.1, 0.15) is 6.04 Å². The lowest BCUT2D eigenvalue weighted by Gasteiger charge is -2.13. The summed E-state index contributed by atoms with van der Waals surface area (Å²) >= 11 is 1.76. The maximum atomic E-state index is 11.8. The van der Waals surface area contributed by atoms with Crippen molar-refractivity contribution in [1.29, 1.82) is 0 Å². The summed E-state index contributed by atoms with van der Waals surface area (Å²) in [5.74, 6) is 0.666. The molecule has 1 aromatic rings. The Morgan fingerprint density at radius 2 is 2.22 bits per heavy atom. The van der Waals surface area contributed by atoms with Crippen molar-refractivity contribution in [2.45, 2.75) is 31.2 Å². The number of hydrogen-bond donors (Lipinski definition) is 1. The van der Waals surface area contributed by atoms with E-state index in [2.05, 4.69) is 24.4 Å². The first kappa shape index (κ1) is 13.4. The van der Waals surface area contributed by atoms with E-state index in [4.69, 9.17) is 4.74 Å². The summed E-state index contributed by atoms with van der Waals surface area (Å²) in [5.41, 5.74) is 1.21. The number of carbonyl (C=O) groups is 1. The van der Waals surface area contributed by atoms with Gasteiger partial charge >= 0.3 is 5.97 Å². The van der Waals surface area contributed by atoms with Gasteiger partial charge in [-0.25, -0.2) is 0 Å². The smallest absolute Gasteiger partial charge is 0.324 e. The summed E-state index contributed by atoms with van der Waals surface area (Å²) in [6.07, 6.45) is 1.99. The minimum atomic E-state index is -0.169. The molecule has 2 rings (SSSR count). The van der Waals surface area contributed by atoms with Gasteiger partial charge in [0, 0.05) is 5.75 Å². The lowest BCUT2D eigenvalue weighted by molar-refractivity contribution is -0.145. The normalized spacial score (nSPS) is 22.9. The van der Waals surface area contributed by atoms with Crippen LogP contribution in [0.25, 0.3) is 0 Å². The number of carbonyl (C=O) groups excluding carboxylic acids is 1. The Bertz CT molecular complexity index is 383. The van der Waals surface area contributed by atoms with Crippen molar-refractivity contribution in [2.75, 3.05) is 12.4 Å². The first-order chi connectivity index (χ1) is 8.81. The van der Waals surface area contributed by atoms with Crippen LogP contribution in [-0.4, -0.2) is 24.4 Å². The fraction of sp³-hybridized carbons (Fsp3) is 0.500. The molecule has 1 fully saturated rings. The summed E-state index contributed by atoms with van der Waals surface area (Å²) < 4.78 is 5.24. The Morgan fingerprint density at radius 1 is 1.44 bits per heavy atom. The van der Waals surface area contributed by atoms with Gasteiger partial charge in [-0.05, 0) is 12.0 Å². The van der Waals surface area contributed by atoms with Crippen LogP contribution in [0.4, 0.5) is 0 Å². The van der Waals surface area contributed by atoms with E-state index in [1.54, 1.807) is 11.8 Å². The second-order valence-electron chi connectivity index (χ2n) is 4.36. The summed E-state index contributed by atoms with van der Waals surface area (Å²) in [6.45, 7) is 2.62. The van der Waals surface area contributed by atoms with E-state index in [0.717, 1.165) is 18.6 Å². The molecule has 4 heteroatoms.